The van der Waals surface area contributed by atoms with Crippen molar-refractivity contribution in [3.8, 4) is 0 Å². The fourth-order valence-corrected chi connectivity index (χ4v) is 3.33. The van der Waals surface area contributed by atoms with Crippen molar-refractivity contribution < 1.29 is 22.3 Å². The van der Waals surface area contributed by atoms with Gasteiger partial charge in [-0.3, -0.25) is 0 Å². The monoisotopic (exact) mass is 348 g/mol. The van der Waals surface area contributed by atoms with Gasteiger partial charge in [-0.25, -0.2) is 17.5 Å². The van der Waals surface area contributed by atoms with E-state index in [1.165, 1.54) is 12.1 Å². The fourth-order valence-electron chi connectivity index (χ4n) is 2.06. The van der Waals surface area contributed by atoms with Crippen molar-refractivity contribution in [3.05, 3.63) is 24.0 Å². The fraction of sp³-hybridized carbons (Fsp3) is 0.600. The lowest BCUT2D eigenvalue weighted by Gasteiger charge is -2.22. The molecule has 0 spiro atoms. The van der Waals surface area contributed by atoms with E-state index in [1.54, 1.807) is 19.1 Å². The van der Waals surface area contributed by atoms with Crippen LogP contribution in [-0.2, 0) is 19.5 Å². The minimum absolute atomic E-state index is 0.0751. The molecule has 0 heterocycles. The number of ether oxygens (including phenoxy) is 2. The van der Waals surface area contributed by atoms with Crippen LogP contribution in [0.3, 0.4) is 0 Å². The first-order chi connectivity index (χ1) is 10.9. The Morgan fingerprint density at radius 2 is 2.04 bits per heavy atom. The summed E-state index contributed by atoms with van der Waals surface area (Å²) in [6.07, 6.45) is 0.738. The quantitative estimate of drug-likeness (QED) is 0.616. The van der Waals surface area contributed by atoms with Crippen molar-refractivity contribution in [1.29, 1.82) is 0 Å². The Morgan fingerprint density at radius 1 is 1.30 bits per heavy atom. The van der Waals surface area contributed by atoms with E-state index in [-0.39, 0.29) is 18.0 Å². The van der Waals surface area contributed by atoms with E-state index in [9.17, 15) is 12.8 Å². The van der Waals surface area contributed by atoms with Crippen LogP contribution in [0.5, 0.6) is 0 Å². The van der Waals surface area contributed by atoms with Crippen LogP contribution in [0.2, 0.25) is 0 Å². The standard InChI is InChI=1S/C15H25FN2O4S/c1-4-22-11-8-17-23(19,20)15-12-13(16)6-7-14(15)18(2)9-5-10-21-3/h6-7,12,17H,4-5,8-11H2,1-3H3. The van der Waals surface area contributed by atoms with Crippen molar-refractivity contribution in [1.82, 2.24) is 4.72 Å². The minimum atomic E-state index is -3.81. The van der Waals surface area contributed by atoms with Crippen molar-refractivity contribution in [2.45, 2.75) is 18.2 Å². The molecular formula is C15H25FN2O4S. The van der Waals surface area contributed by atoms with Crippen LogP contribution in [0.4, 0.5) is 10.1 Å². The number of nitrogens with one attached hydrogen (secondary N) is 1. The van der Waals surface area contributed by atoms with Gasteiger partial charge in [0.2, 0.25) is 10.0 Å². The molecule has 0 amide bonds. The molecule has 0 aliphatic rings. The molecule has 132 valence electrons. The van der Waals surface area contributed by atoms with Gasteiger partial charge in [0.15, 0.2) is 0 Å². The first-order valence-electron chi connectivity index (χ1n) is 7.49. The van der Waals surface area contributed by atoms with Crippen LogP contribution in [0, 0.1) is 5.82 Å². The third kappa shape index (κ3) is 6.42. The van der Waals surface area contributed by atoms with Crippen LogP contribution in [0.1, 0.15) is 13.3 Å². The Balaban J connectivity index is 2.92. The summed E-state index contributed by atoms with van der Waals surface area (Å²) in [6, 6.07) is 3.76. The molecule has 0 radical (unpaired) electrons. The van der Waals surface area contributed by atoms with Crippen molar-refractivity contribution >= 4 is 15.7 Å². The number of hydrogen-bond donors (Lipinski definition) is 1. The predicted octanol–water partition coefficient (Wildman–Crippen LogP) is 1.61. The van der Waals surface area contributed by atoms with Crippen LogP contribution in [-0.4, -0.2) is 55.5 Å². The van der Waals surface area contributed by atoms with Gasteiger partial charge in [0.25, 0.3) is 0 Å². The zero-order valence-corrected chi connectivity index (χ0v) is 14.7. The summed E-state index contributed by atoms with van der Waals surface area (Å²) in [5, 5.41) is 0. The van der Waals surface area contributed by atoms with Crippen molar-refractivity contribution in [2.75, 3.05) is 52.0 Å². The number of anilines is 1. The van der Waals surface area contributed by atoms with E-state index in [1.807, 2.05) is 6.92 Å². The second-order valence-electron chi connectivity index (χ2n) is 4.97. The SMILES string of the molecule is CCOCCNS(=O)(=O)c1cc(F)ccc1N(C)CCCOC. The third-order valence-electron chi connectivity index (χ3n) is 3.21. The van der Waals surface area contributed by atoms with Gasteiger partial charge in [0.05, 0.1) is 12.3 Å². The second-order valence-corrected chi connectivity index (χ2v) is 6.71. The Kier molecular flexibility index (Phi) is 8.46. The molecule has 0 saturated carbocycles. The molecule has 6 nitrogen and oxygen atoms in total. The summed E-state index contributed by atoms with van der Waals surface area (Å²) in [5.74, 6) is -0.593. The predicted molar refractivity (Wildman–Crippen MR) is 87.8 cm³/mol. The molecule has 0 fully saturated rings. The molecule has 8 heteroatoms. The van der Waals surface area contributed by atoms with Crippen LogP contribution >= 0.6 is 0 Å². The van der Waals surface area contributed by atoms with Crippen LogP contribution in [0.25, 0.3) is 0 Å². The van der Waals surface area contributed by atoms with Crippen LogP contribution in [0.15, 0.2) is 23.1 Å². The second kappa shape index (κ2) is 9.82. The lowest BCUT2D eigenvalue weighted by atomic mass is 10.2. The molecule has 1 aromatic rings. The highest BCUT2D eigenvalue weighted by Gasteiger charge is 2.21. The minimum Gasteiger partial charge on any atom is -0.385 e. The Labute approximate surface area is 137 Å². The molecule has 23 heavy (non-hydrogen) atoms. The average molecular weight is 348 g/mol. The van der Waals surface area contributed by atoms with E-state index >= 15 is 0 Å². The summed E-state index contributed by atoms with van der Waals surface area (Å²) in [6.45, 7) is 3.91. The Hall–Kier alpha value is -1.22. The van der Waals surface area contributed by atoms with Gasteiger partial charge in [-0.1, -0.05) is 0 Å². The summed E-state index contributed by atoms with van der Waals surface area (Å²) < 4.78 is 50.9. The number of hydrogen-bond acceptors (Lipinski definition) is 5. The third-order valence-corrected chi connectivity index (χ3v) is 4.70. The first kappa shape index (κ1) is 19.8. The van der Waals surface area contributed by atoms with Crippen LogP contribution < -0.4 is 9.62 Å². The van der Waals surface area contributed by atoms with Gasteiger partial charge in [0, 0.05) is 40.5 Å². The lowest BCUT2D eigenvalue weighted by Crippen LogP contribution is -2.30. The highest BCUT2D eigenvalue weighted by Crippen LogP contribution is 2.25. The van der Waals surface area contributed by atoms with E-state index in [4.69, 9.17) is 9.47 Å². The van der Waals surface area contributed by atoms with Gasteiger partial charge >= 0.3 is 0 Å². The van der Waals surface area contributed by atoms with E-state index in [0.717, 1.165) is 12.5 Å². The molecule has 0 bridgehead atoms. The molecule has 0 atom stereocenters. The topological polar surface area (TPSA) is 67.9 Å². The zero-order chi connectivity index (χ0) is 17.3. The normalized spacial score (nSPS) is 11.7. The number of methoxy groups -OCH3 is 1. The van der Waals surface area contributed by atoms with E-state index < -0.39 is 15.8 Å². The molecule has 0 aromatic heterocycles. The van der Waals surface area contributed by atoms with Gasteiger partial charge in [0.1, 0.15) is 10.7 Å². The molecule has 1 aromatic carbocycles. The van der Waals surface area contributed by atoms with Gasteiger partial charge in [-0.15, -0.1) is 0 Å². The highest BCUT2D eigenvalue weighted by atomic mass is 32.2. The smallest absolute Gasteiger partial charge is 0.242 e. The lowest BCUT2D eigenvalue weighted by molar-refractivity contribution is 0.153. The average Bonchev–Trinajstić information content (AvgIpc) is 2.51. The largest absolute Gasteiger partial charge is 0.385 e. The number of nitrogens with zero attached hydrogens (tertiary/aromatic N) is 1. The van der Waals surface area contributed by atoms with Gasteiger partial charge < -0.3 is 14.4 Å². The maximum absolute atomic E-state index is 13.5. The van der Waals surface area contributed by atoms with Crippen molar-refractivity contribution in [2.24, 2.45) is 0 Å². The summed E-state index contributed by atoms with van der Waals surface area (Å²) in [5.41, 5.74) is 0.450. The molecular weight excluding hydrogens is 323 g/mol. The summed E-state index contributed by atoms with van der Waals surface area (Å²) >= 11 is 0. The molecule has 0 saturated heterocycles. The van der Waals surface area contributed by atoms with Gasteiger partial charge in [-0.2, -0.15) is 0 Å². The summed E-state index contributed by atoms with van der Waals surface area (Å²) in [7, 11) is -0.439. The molecule has 0 unspecified atom stereocenters. The first-order valence-corrected chi connectivity index (χ1v) is 8.97. The molecule has 1 N–H and O–H groups in total. The number of sulfonamides is 1. The van der Waals surface area contributed by atoms with E-state index in [0.29, 0.717) is 25.4 Å². The summed E-state index contributed by atoms with van der Waals surface area (Å²) in [4.78, 5) is 1.70. The maximum atomic E-state index is 13.5. The zero-order valence-electron chi connectivity index (χ0n) is 13.8. The molecule has 1 rings (SSSR count). The molecule has 0 aliphatic heterocycles. The van der Waals surface area contributed by atoms with Gasteiger partial charge in [-0.05, 0) is 31.5 Å². The Bertz CT molecular complexity index is 581. The van der Waals surface area contributed by atoms with E-state index in [2.05, 4.69) is 4.72 Å². The number of rotatable bonds is 11. The number of benzene rings is 1. The molecule has 0 aliphatic carbocycles. The number of halogens is 1. The Morgan fingerprint density at radius 3 is 2.70 bits per heavy atom. The maximum Gasteiger partial charge on any atom is 0.242 e. The highest BCUT2D eigenvalue weighted by molar-refractivity contribution is 7.89. The van der Waals surface area contributed by atoms with Crippen molar-refractivity contribution in [3.63, 3.8) is 0 Å².